The minimum atomic E-state index is 0.784. The average molecular weight is 317 g/mol. The molecule has 1 saturated carbocycles. The molecule has 3 fully saturated rings. The number of likely N-dealkylation sites (tertiary alicyclic amines) is 1. The maximum absolute atomic E-state index is 4.44. The van der Waals surface area contributed by atoms with Crippen LogP contribution in [-0.4, -0.2) is 75.6 Å². The fourth-order valence-corrected chi connectivity index (χ4v) is 4.59. The average Bonchev–Trinajstić information content (AvgIpc) is 2.97. The van der Waals surface area contributed by atoms with Crippen LogP contribution in [0, 0.1) is 0 Å². The quantitative estimate of drug-likeness (QED) is 0.842. The van der Waals surface area contributed by atoms with Crippen molar-refractivity contribution in [3.05, 3.63) is 18.2 Å². The van der Waals surface area contributed by atoms with Crippen molar-refractivity contribution in [2.45, 2.75) is 50.7 Å². The van der Waals surface area contributed by atoms with E-state index in [1.807, 2.05) is 17.9 Å². The van der Waals surface area contributed by atoms with Crippen LogP contribution in [0.1, 0.15) is 37.8 Å². The van der Waals surface area contributed by atoms with E-state index >= 15 is 0 Å². The zero-order valence-electron chi connectivity index (χ0n) is 14.5. The van der Waals surface area contributed by atoms with E-state index < -0.39 is 0 Å². The molecule has 0 radical (unpaired) electrons. The molecule has 0 amide bonds. The van der Waals surface area contributed by atoms with Crippen molar-refractivity contribution in [2.24, 2.45) is 7.05 Å². The first-order valence-corrected chi connectivity index (χ1v) is 9.45. The molecule has 0 atom stereocenters. The van der Waals surface area contributed by atoms with Gasteiger partial charge in [0.2, 0.25) is 0 Å². The molecule has 2 saturated heterocycles. The fourth-order valence-electron chi connectivity index (χ4n) is 4.59. The first kappa shape index (κ1) is 15.6. The van der Waals surface area contributed by atoms with Gasteiger partial charge in [0.05, 0.1) is 12.0 Å². The van der Waals surface area contributed by atoms with Crippen LogP contribution < -0.4 is 0 Å². The molecule has 3 aliphatic rings. The Labute approximate surface area is 140 Å². The van der Waals surface area contributed by atoms with E-state index in [1.54, 1.807) is 0 Å². The van der Waals surface area contributed by atoms with Gasteiger partial charge < -0.3 is 4.57 Å². The van der Waals surface area contributed by atoms with Crippen LogP contribution in [0.4, 0.5) is 0 Å². The molecule has 1 aromatic rings. The number of aromatic nitrogens is 2. The first-order chi connectivity index (χ1) is 11.3. The van der Waals surface area contributed by atoms with Crippen molar-refractivity contribution in [2.75, 3.05) is 39.3 Å². The van der Waals surface area contributed by atoms with Crippen LogP contribution >= 0.6 is 0 Å². The molecular weight excluding hydrogens is 286 g/mol. The summed E-state index contributed by atoms with van der Waals surface area (Å²) < 4.78 is 2.04. The minimum absolute atomic E-state index is 0.784. The first-order valence-electron chi connectivity index (χ1n) is 9.45. The normalized spacial score (nSPS) is 26.5. The van der Waals surface area contributed by atoms with Crippen LogP contribution in [0.3, 0.4) is 0 Å². The van der Waals surface area contributed by atoms with Crippen LogP contribution in [0.2, 0.25) is 0 Å². The third kappa shape index (κ3) is 3.62. The fraction of sp³-hybridized carbons (Fsp3) is 0.833. The third-order valence-corrected chi connectivity index (χ3v) is 6.04. The van der Waals surface area contributed by atoms with Gasteiger partial charge in [-0.05, 0) is 12.8 Å². The molecule has 0 spiro atoms. The molecule has 2 aliphatic heterocycles. The van der Waals surface area contributed by atoms with Gasteiger partial charge in [0.1, 0.15) is 0 Å². The van der Waals surface area contributed by atoms with E-state index in [9.17, 15) is 0 Å². The van der Waals surface area contributed by atoms with Crippen molar-refractivity contribution in [1.29, 1.82) is 0 Å². The molecular formula is C18H31N5. The Hall–Kier alpha value is -0.910. The smallest absolute Gasteiger partial charge is 0.0947 e. The van der Waals surface area contributed by atoms with Crippen molar-refractivity contribution in [1.82, 2.24) is 24.3 Å². The third-order valence-electron chi connectivity index (χ3n) is 6.04. The Kier molecular flexibility index (Phi) is 4.69. The lowest BCUT2D eigenvalue weighted by atomic mass is 9.93. The summed E-state index contributed by atoms with van der Waals surface area (Å²) in [5, 5.41) is 0. The summed E-state index contributed by atoms with van der Waals surface area (Å²) in [6, 6.07) is 1.68. The van der Waals surface area contributed by atoms with Gasteiger partial charge in [-0.3, -0.25) is 14.7 Å². The summed E-state index contributed by atoms with van der Waals surface area (Å²) in [4.78, 5) is 12.5. The molecule has 1 aromatic heterocycles. The largest absolute Gasteiger partial charge is 0.340 e. The van der Waals surface area contributed by atoms with Gasteiger partial charge in [0.25, 0.3) is 0 Å². The second kappa shape index (κ2) is 6.91. The summed E-state index contributed by atoms with van der Waals surface area (Å²) in [6.07, 6.45) is 11.3. The van der Waals surface area contributed by atoms with Gasteiger partial charge in [-0.15, -0.1) is 0 Å². The predicted molar refractivity (Wildman–Crippen MR) is 92.3 cm³/mol. The Morgan fingerprint density at radius 1 is 0.957 bits per heavy atom. The molecule has 23 heavy (non-hydrogen) atoms. The second-order valence-corrected chi connectivity index (χ2v) is 7.74. The monoisotopic (exact) mass is 317 g/mol. The van der Waals surface area contributed by atoms with E-state index in [1.165, 1.54) is 77.1 Å². The molecule has 4 rings (SSSR count). The van der Waals surface area contributed by atoms with Crippen molar-refractivity contribution in [3.8, 4) is 0 Å². The molecule has 3 heterocycles. The standard InChI is InChI=1S/C18H31N5/c1-20-11-16(19-15-20)12-21-13-18(14-21)23-9-7-22(8-10-23)17-5-3-2-4-6-17/h11,15,17-18H,2-10,12-14H2,1H3. The number of hydrogen-bond donors (Lipinski definition) is 0. The number of aryl methyl sites for hydroxylation is 1. The summed E-state index contributed by atoms with van der Waals surface area (Å²) in [7, 11) is 2.04. The van der Waals surface area contributed by atoms with Crippen LogP contribution in [0.5, 0.6) is 0 Å². The predicted octanol–water partition coefficient (Wildman–Crippen LogP) is 1.55. The molecule has 0 N–H and O–H groups in total. The molecule has 1 aliphatic carbocycles. The number of hydrogen-bond acceptors (Lipinski definition) is 4. The van der Waals surface area contributed by atoms with E-state index in [0.29, 0.717) is 0 Å². The second-order valence-electron chi connectivity index (χ2n) is 7.74. The molecule has 5 heteroatoms. The molecule has 128 valence electrons. The Balaban J connectivity index is 1.18. The Morgan fingerprint density at radius 2 is 1.61 bits per heavy atom. The summed E-state index contributed by atoms with van der Waals surface area (Å²) in [6.45, 7) is 8.60. The summed E-state index contributed by atoms with van der Waals surface area (Å²) in [5.41, 5.74) is 1.20. The Bertz CT molecular complexity index is 493. The van der Waals surface area contributed by atoms with Gasteiger partial charge in [-0.25, -0.2) is 4.98 Å². The summed E-state index contributed by atoms with van der Waals surface area (Å²) >= 11 is 0. The lowest BCUT2D eigenvalue weighted by Crippen LogP contribution is -2.63. The SMILES string of the molecule is Cn1cnc(CN2CC(N3CCN(C4CCCCC4)CC3)C2)c1. The molecule has 0 aromatic carbocycles. The maximum Gasteiger partial charge on any atom is 0.0947 e. The van der Waals surface area contributed by atoms with Gasteiger partial charge in [0.15, 0.2) is 0 Å². The highest BCUT2D eigenvalue weighted by Gasteiger charge is 2.34. The molecule has 0 bridgehead atoms. The van der Waals surface area contributed by atoms with E-state index in [2.05, 4.69) is 25.9 Å². The van der Waals surface area contributed by atoms with Crippen molar-refractivity contribution in [3.63, 3.8) is 0 Å². The number of rotatable bonds is 4. The number of imidazole rings is 1. The maximum atomic E-state index is 4.44. The summed E-state index contributed by atoms with van der Waals surface area (Å²) in [5.74, 6) is 0. The van der Waals surface area contributed by atoms with Crippen LogP contribution in [0.15, 0.2) is 12.5 Å². The van der Waals surface area contributed by atoms with Crippen molar-refractivity contribution >= 4 is 0 Å². The highest BCUT2D eigenvalue weighted by atomic mass is 15.4. The van der Waals surface area contributed by atoms with E-state index in [-0.39, 0.29) is 0 Å². The highest BCUT2D eigenvalue weighted by Crippen LogP contribution is 2.25. The minimum Gasteiger partial charge on any atom is -0.340 e. The number of piperazine rings is 1. The molecule has 0 unspecified atom stereocenters. The lowest BCUT2D eigenvalue weighted by Gasteiger charge is -2.49. The zero-order chi connectivity index (χ0) is 15.6. The topological polar surface area (TPSA) is 27.5 Å². The van der Waals surface area contributed by atoms with Crippen LogP contribution in [0.25, 0.3) is 0 Å². The lowest BCUT2D eigenvalue weighted by molar-refractivity contribution is -0.0108. The number of nitrogens with zero attached hydrogens (tertiary/aromatic N) is 5. The van der Waals surface area contributed by atoms with Gasteiger partial charge >= 0.3 is 0 Å². The van der Waals surface area contributed by atoms with E-state index in [0.717, 1.165) is 18.6 Å². The molecule has 5 nitrogen and oxygen atoms in total. The van der Waals surface area contributed by atoms with Crippen LogP contribution in [-0.2, 0) is 13.6 Å². The Morgan fingerprint density at radius 3 is 2.22 bits per heavy atom. The highest BCUT2D eigenvalue weighted by molar-refractivity contribution is 5.00. The van der Waals surface area contributed by atoms with Gasteiger partial charge in [0, 0.05) is 71.1 Å². The van der Waals surface area contributed by atoms with Gasteiger partial charge in [-0.1, -0.05) is 19.3 Å². The zero-order valence-corrected chi connectivity index (χ0v) is 14.5. The van der Waals surface area contributed by atoms with Crippen molar-refractivity contribution < 1.29 is 0 Å². The van der Waals surface area contributed by atoms with Gasteiger partial charge in [-0.2, -0.15) is 0 Å². The van der Waals surface area contributed by atoms with E-state index in [4.69, 9.17) is 0 Å².